The first-order valence-electron chi connectivity index (χ1n) is 5.96. The van der Waals surface area contributed by atoms with E-state index in [2.05, 4.69) is 15.8 Å². The standard InChI is InChI=1S/C13H14ClN3O3/c1-8-6-12(17-20-8)16-13(19)15-7-11(18)9-2-4-10(14)5-3-9/h2-6,11,18H,7H2,1H3,(H2,15,16,17,19)/t11-/m1/s1. The van der Waals surface area contributed by atoms with Crippen LogP contribution in [-0.2, 0) is 0 Å². The molecule has 1 aromatic carbocycles. The summed E-state index contributed by atoms with van der Waals surface area (Å²) in [7, 11) is 0. The average molecular weight is 296 g/mol. The summed E-state index contributed by atoms with van der Waals surface area (Å²) < 4.78 is 4.82. The maximum atomic E-state index is 11.6. The lowest BCUT2D eigenvalue weighted by Gasteiger charge is -2.12. The Labute approximate surface area is 120 Å². The van der Waals surface area contributed by atoms with Gasteiger partial charge in [0, 0.05) is 17.6 Å². The predicted molar refractivity (Wildman–Crippen MR) is 74.7 cm³/mol. The third-order valence-corrected chi connectivity index (χ3v) is 2.83. The quantitative estimate of drug-likeness (QED) is 0.808. The molecule has 1 heterocycles. The van der Waals surface area contributed by atoms with Crippen molar-refractivity contribution in [2.45, 2.75) is 13.0 Å². The molecule has 0 aliphatic rings. The van der Waals surface area contributed by atoms with Crippen LogP contribution in [0.3, 0.4) is 0 Å². The molecule has 0 fully saturated rings. The Hall–Kier alpha value is -2.05. The van der Waals surface area contributed by atoms with Gasteiger partial charge in [-0.1, -0.05) is 28.9 Å². The van der Waals surface area contributed by atoms with Crippen LogP contribution in [0.15, 0.2) is 34.9 Å². The summed E-state index contributed by atoms with van der Waals surface area (Å²) >= 11 is 5.76. The first kappa shape index (κ1) is 14.4. The number of nitrogens with zero attached hydrogens (tertiary/aromatic N) is 1. The molecule has 0 spiro atoms. The molecule has 2 rings (SSSR count). The number of benzene rings is 1. The van der Waals surface area contributed by atoms with Crippen LogP contribution in [0.4, 0.5) is 10.6 Å². The molecule has 0 saturated carbocycles. The first-order chi connectivity index (χ1) is 9.54. The number of hydrogen-bond acceptors (Lipinski definition) is 4. The van der Waals surface area contributed by atoms with Crippen LogP contribution in [0.2, 0.25) is 5.02 Å². The number of rotatable bonds is 4. The maximum Gasteiger partial charge on any atom is 0.320 e. The molecule has 7 heteroatoms. The number of aromatic nitrogens is 1. The minimum absolute atomic E-state index is 0.0737. The Morgan fingerprint density at radius 1 is 1.45 bits per heavy atom. The maximum absolute atomic E-state index is 11.6. The molecule has 1 aromatic heterocycles. The van der Waals surface area contributed by atoms with Crippen LogP contribution in [-0.4, -0.2) is 22.8 Å². The molecule has 20 heavy (non-hydrogen) atoms. The summed E-state index contributed by atoms with van der Waals surface area (Å²) in [4.78, 5) is 11.6. The zero-order valence-electron chi connectivity index (χ0n) is 10.8. The number of amides is 2. The molecule has 2 aromatic rings. The normalized spacial score (nSPS) is 11.9. The fraction of sp³-hybridized carbons (Fsp3) is 0.231. The molecule has 2 amide bonds. The summed E-state index contributed by atoms with van der Waals surface area (Å²) in [5, 5.41) is 19.2. The van der Waals surface area contributed by atoms with Crippen LogP contribution >= 0.6 is 11.6 Å². The number of anilines is 1. The van der Waals surface area contributed by atoms with Gasteiger partial charge in [0.05, 0.1) is 6.10 Å². The molecule has 0 bridgehead atoms. The molecular formula is C13H14ClN3O3. The van der Waals surface area contributed by atoms with Crippen LogP contribution in [0.1, 0.15) is 17.4 Å². The number of hydrogen-bond donors (Lipinski definition) is 3. The van der Waals surface area contributed by atoms with Gasteiger partial charge in [0.15, 0.2) is 5.82 Å². The average Bonchev–Trinajstić information content (AvgIpc) is 2.82. The van der Waals surface area contributed by atoms with Gasteiger partial charge < -0.3 is 14.9 Å². The van der Waals surface area contributed by atoms with Gasteiger partial charge in [-0.05, 0) is 24.6 Å². The number of aliphatic hydroxyl groups excluding tert-OH is 1. The fourth-order valence-corrected chi connectivity index (χ4v) is 1.70. The van der Waals surface area contributed by atoms with E-state index in [9.17, 15) is 9.90 Å². The Kier molecular flexibility index (Phi) is 4.60. The number of halogens is 1. The van der Waals surface area contributed by atoms with Gasteiger partial charge in [-0.15, -0.1) is 0 Å². The summed E-state index contributed by atoms with van der Waals surface area (Å²) in [5.74, 6) is 0.919. The number of carbonyl (C=O) groups excluding carboxylic acids is 1. The largest absolute Gasteiger partial charge is 0.387 e. The Morgan fingerprint density at radius 3 is 2.75 bits per heavy atom. The van der Waals surface area contributed by atoms with Crippen LogP contribution in [0.5, 0.6) is 0 Å². The van der Waals surface area contributed by atoms with E-state index in [0.717, 1.165) is 0 Å². The highest BCUT2D eigenvalue weighted by molar-refractivity contribution is 6.30. The Morgan fingerprint density at radius 2 is 2.15 bits per heavy atom. The van der Waals surface area contributed by atoms with Crippen molar-refractivity contribution in [2.24, 2.45) is 0 Å². The second-order valence-electron chi connectivity index (χ2n) is 4.23. The van der Waals surface area contributed by atoms with Gasteiger partial charge in [0.2, 0.25) is 0 Å². The number of nitrogens with one attached hydrogen (secondary N) is 2. The summed E-state index contributed by atoms with van der Waals surface area (Å²) in [6.07, 6.45) is -0.808. The van der Waals surface area contributed by atoms with Crippen molar-refractivity contribution in [3.05, 3.63) is 46.7 Å². The van der Waals surface area contributed by atoms with Gasteiger partial charge in [-0.3, -0.25) is 5.32 Å². The molecule has 0 saturated heterocycles. The summed E-state index contributed by atoms with van der Waals surface area (Å²) in [6, 6.07) is 7.89. The SMILES string of the molecule is Cc1cc(NC(=O)NC[C@@H](O)c2ccc(Cl)cc2)no1. The second-order valence-corrected chi connectivity index (χ2v) is 4.66. The molecule has 6 nitrogen and oxygen atoms in total. The molecular weight excluding hydrogens is 282 g/mol. The first-order valence-corrected chi connectivity index (χ1v) is 6.34. The molecule has 0 radical (unpaired) electrons. The molecule has 0 unspecified atom stereocenters. The van der Waals surface area contributed by atoms with Crippen LogP contribution in [0.25, 0.3) is 0 Å². The van der Waals surface area contributed by atoms with Crippen molar-refractivity contribution in [3.8, 4) is 0 Å². The van der Waals surface area contributed by atoms with Crippen molar-refractivity contribution in [1.29, 1.82) is 0 Å². The summed E-state index contributed by atoms with van der Waals surface area (Å²) in [6.45, 7) is 1.80. The highest BCUT2D eigenvalue weighted by Gasteiger charge is 2.10. The molecule has 106 valence electrons. The monoisotopic (exact) mass is 295 g/mol. The van der Waals surface area contributed by atoms with Gasteiger partial charge in [0.25, 0.3) is 0 Å². The van der Waals surface area contributed by atoms with E-state index >= 15 is 0 Å². The third kappa shape index (κ3) is 3.97. The highest BCUT2D eigenvalue weighted by atomic mass is 35.5. The minimum Gasteiger partial charge on any atom is -0.387 e. The number of aryl methyl sites for hydroxylation is 1. The van der Waals surface area contributed by atoms with Crippen LogP contribution in [0, 0.1) is 6.92 Å². The third-order valence-electron chi connectivity index (χ3n) is 2.58. The van der Waals surface area contributed by atoms with Crippen molar-refractivity contribution in [1.82, 2.24) is 10.5 Å². The Bertz CT molecular complexity index is 583. The molecule has 0 aliphatic heterocycles. The zero-order chi connectivity index (χ0) is 14.5. The van der Waals surface area contributed by atoms with E-state index in [-0.39, 0.29) is 6.54 Å². The smallest absolute Gasteiger partial charge is 0.320 e. The van der Waals surface area contributed by atoms with Gasteiger partial charge in [0.1, 0.15) is 5.76 Å². The van der Waals surface area contributed by atoms with Gasteiger partial charge in [-0.25, -0.2) is 4.79 Å². The minimum atomic E-state index is -0.808. The molecule has 0 aliphatic carbocycles. The van der Waals surface area contributed by atoms with Crippen molar-refractivity contribution < 1.29 is 14.4 Å². The van der Waals surface area contributed by atoms with Crippen LogP contribution < -0.4 is 10.6 Å². The topological polar surface area (TPSA) is 87.4 Å². The lowest BCUT2D eigenvalue weighted by Crippen LogP contribution is -2.32. The Balaban J connectivity index is 1.82. The van der Waals surface area contributed by atoms with Crippen molar-refractivity contribution in [2.75, 3.05) is 11.9 Å². The van der Waals surface area contributed by atoms with Gasteiger partial charge in [-0.2, -0.15) is 0 Å². The van der Waals surface area contributed by atoms with E-state index in [4.69, 9.17) is 16.1 Å². The highest BCUT2D eigenvalue weighted by Crippen LogP contribution is 2.15. The van der Waals surface area contributed by atoms with E-state index in [1.807, 2.05) is 0 Å². The lowest BCUT2D eigenvalue weighted by atomic mass is 10.1. The number of urea groups is 1. The fourth-order valence-electron chi connectivity index (χ4n) is 1.58. The number of aliphatic hydroxyl groups is 1. The van der Waals surface area contributed by atoms with Crippen molar-refractivity contribution in [3.63, 3.8) is 0 Å². The number of carbonyl (C=O) groups is 1. The zero-order valence-corrected chi connectivity index (χ0v) is 11.5. The molecule has 1 atom stereocenters. The van der Waals surface area contributed by atoms with Crippen molar-refractivity contribution >= 4 is 23.4 Å². The lowest BCUT2D eigenvalue weighted by molar-refractivity contribution is 0.175. The van der Waals surface area contributed by atoms with E-state index in [1.54, 1.807) is 37.3 Å². The predicted octanol–water partition coefficient (Wildman–Crippen LogP) is 2.49. The second kappa shape index (κ2) is 6.40. The van der Waals surface area contributed by atoms with E-state index < -0.39 is 12.1 Å². The van der Waals surface area contributed by atoms with E-state index in [1.165, 1.54) is 0 Å². The summed E-state index contributed by atoms with van der Waals surface area (Å²) in [5.41, 5.74) is 0.673. The molecule has 3 N–H and O–H groups in total. The van der Waals surface area contributed by atoms with E-state index in [0.29, 0.717) is 22.2 Å². The van der Waals surface area contributed by atoms with Gasteiger partial charge >= 0.3 is 6.03 Å².